The molecule has 18 heavy (non-hydrogen) atoms. The Hall–Kier alpha value is 0.240. The molecule has 0 aliphatic heterocycles. The van der Waals surface area contributed by atoms with E-state index in [2.05, 4.69) is 13.8 Å². The summed E-state index contributed by atoms with van der Waals surface area (Å²) >= 11 is 6.36. The largest absolute Gasteiger partial charge is 0.229 e. The highest BCUT2D eigenvalue weighted by atomic mass is 35.5. The third-order valence-electron chi connectivity index (χ3n) is 4.19. The Balaban J connectivity index is 2.49. The smallest absolute Gasteiger partial charge is 0.150 e. The Morgan fingerprint density at radius 3 is 2.44 bits per heavy atom. The van der Waals surface area contributed by atoms with E-state index in [0.29, 0.717) is 29.8 Å². The molecule has 0 bridgehead atoms. The van der Waals surface area contributed by atoms with Crippen LogP contribution >= 0.6 is 11.6 Å². The fourth-order valence-corrected chi connectivity index (χ4v) is 4.75. The standard InChI is InChI=1S/C14H27ClO2S/c1-4-8-18(16,17)9-7-13-10-12(11(2)3)5-6-14(13)15/h11-14H,4-10H2,1-3H3. The molecular weight excluding hydrogens is 268 g/mol. The van der Waals surface area contributed by atoms with Crippen molar-refractivity contribution in [2.75, 3.05) is 11.5 Å². The van der Waals surface area contributed by atoms with E-state index in [1.807, 2.05) is 6.92 Å². The van der Waals surface area contributed by atoms with Crippen LogP contribution in [0, 0.1) is 17.8 Å². The van der Waals surface area contributed by atoms with E-state index < -0.39 is 9.84 Å². The van der Waals surface area contributed by atoms with Gasteiger partial charge >= 0.3 is 0 Å². The topological polar surface area (TPSA) is 34.1 Å². The van der Waals surface area contributed by atoms with Crippen LogP contribution in [0.3, 0.4) is 0 Å². The quantitative estimate of drug-likeness (QED) is 0.697. The minimum Gasteiger partial charge on any atom is -0.229 e. The summed E-state index contributed by atoms with van der Waals surface area (Å²) in [5, 5.41) is 0.178. The molecule has 0 spiro atoms. The highest BCUT2D eigenvalue weighted by Gasteiger charge is 2.31. The second kappa shape index (κ2) is 7.14. The van der Waals surface area contributed by atoms with E-state index in [1.54, 1.807) is 0 Å². The summed E-state index contributed by atoms with van der Waals surface area (Å²) in [5.41, 5.74) is 0. The predicted molar refractivity (Wildman–Crippen MR) is 78.9 cm³/mol. The second-order valence-electron chi connectivity index (χ2n) is 6.03. The predicted octanol–water partition coefficient (Wildman–Crippen LogP) is 3.88. The van der Waals surface area contributed by atoms with Crippen LogP contribution in [0.25, 0.3) is 0 Å². The fourth-order valence-electron chi connectivity index (χ4n) is 2.91. The van der Waals surface area contributed by atoms with Gasteiger partial charge in [0.2, 0.25) is 0 Å². The van der Waals surface area contributed by atoms with Crippen molar-refractivity contribution < 1.29 is 8.42 Å². The first kappa shape index (κ1) is 16.3. The van der Waals surface area contributed by atoms with E-state index in [9.17, 15) is 8.42 Å². The molecule has 0 aromatic rings. The number of hydrogen-bond donors (Lipinski definition) is 0. The highest BCUT2D eigenvalue weighted by molar-refractivity contribution is 7.91. The molecule has 108 valence electrons. The van der Waals surface area contributed by atoms with Gasteiger partial charge in [0, 0.05) is 11.1 Å². The molecule has 0 amide bonds. The highest BCUT2D eigenvalue weighted by Crippen LogP contribution is 2.38. The van der Waals surface area contributed by atoms with Gasteiger partial charge in [-0.1, -0.05) is 20.8 Å². The maximum absolute atomic E-state index is 11.8. The number of sulfone groups is 1. The van der Waals surface area contributed by atoms with E-state index in [1.165, 1.54) is 6.42 Å². The molecule has 1 rings (SSSR count). The first-order chi connectivity index (χ1) is 8.35. The second-order valence-corrected chi connectivity index (χ2v) is 8.90. The summed E-state index contributed by atoms with van der Waals surface area (Å²) in [6.07, 6.45) is 4.81. The zero-order valence-electron chi connectivity index (χ0n) is 11.9. The van der Waals surface area contributed by atoms with Crippen LogP contribution in [-0.2, 0) is 9.84 Å². The van der Waals surface area contributed by atoms with Crippen molar-refractivity contribution in [3.05, 3.63) is 0 Å². The lowest BCUT2D eigenvalue weighted by Crippen LogP contribution is -2.29. The summed E-state index contributed by atoms with van der Waals surface area (Å²) in [7, 11) is -2.85. The summed E-state index contributed by atoms with van der Waals surface area (Å²) in [5.74, 6) is 2.43. The average Bonchev–Trinajstić information content (AvgIpc) is 2.27. The molecule has 1 aliphatic rings. The van der Waals surface area contributed by atoms with Crippen LogP contribution in [0.1, 0.15) is 52.9 Å². The van der Waals surface area contributed by atoms with Crippen molar-refractivity contribution in [1.82, 2.24) is 0 Å². The van der Waals surface area contributed by atoms with Crippen LogP contribution in [0.4, 0.5) is 0 Å². The molecule has 3 unspecified atom stereocenters. The van der Waals surface area contributed by atoms with Crippen molar-refractivity contribution >= 4 is 21.4 Å². The lowest BCUT2D eigenvalue weighted by atomic mass is 9.75. The Labute approximate surface area is 117 Å². The van der Waals surface area contributed by atoms with Crippen molar-refractivity contribution in [3.8, 4) is 0 Å². The Bertz CT molecular complexity index is 338. The van der Waals surface area contributed by atoms with Crippen molar-refractivity contribution in [2.45, 2.75) is 58.3 Å². The van der Waals surface area contributed by atoms with Gasteiger partial charge in [-0.05, 0) is 49.9 Å². The normalized spacial score (nSPS) is 29.7. The minimum absolute atomic E-state index is 0.178. The van der Waals surface area contributed by atoms with Crippen LogP contribution in [0.5, 0.6) is 0 Å². The molecule has 0 N–H and O–H groups in total. The number of hydrogen-bond acceptors (Lipinski definition) is 2. The molecule has 1 aliphatic carbocycles. The average molecular weight is 295 g/mol. The third-order valence-corrected chi connectivity index (χ3v) is 6.65. The van der Waals surface area contributed by atoms with Gasteiger partial charge in [-0.2, -0.15) is 0 Å². The van der Waals surface area contributed by atoms with Crippen LogP contribution in [0.15, 0.2) is 0 Å². The van der Waals surface area contributed by atoms with E-state index in [-0.39, 0.29) is 5.38 Å². The minimum atomic E-state index is -2.85. The van der Waals surface area contributed by atoms with Gasteiger partial charge in [-0.3, -0.25) is 0 Å². The van der Waals surface area contributed by atoms with Crippen molar-refractivity contribution in [3.63, 3.8) is 0 Å². The lowest BCUT2D eigenvalue weighted by molar-refractivity contribution is 0.215. The molecule has 3 atom stereocenters. The number of rotatable bonds is 6. The lowest BCUT2D eigenvalue weighted by Gasteiger charge is -2.35. The zero-order valence-corrected chi connectivity index (χ0v) is 13.4. The van der Waals surface area contributed by atoms with Gasteiger partial charge in [0.05, 0.1) is 5.75 Å². The van der Waals surface area contributed by atoms with Gasteiger partial charge in [0.1, 0.15) is 9.84 Å². The summed E-state index contributed by atoms with van der Waals surface area (Å²) < 4.78 is 23.5. The first-order valence-electron chi connectivity index (χ1n) is 7.20. The van der Waals surface area contributed by atoms with Gasteiger partial charge in [-0.15, -0.1) is 11.6 Å². The maximum atomic E-state index is 11.8. The molecule has 1 saturated carbocycles. The molecule has 0 aromatic heterocycles. The summed E-state index contributed by atoms with van der Waals surface area (Å²) in [6.45, 7) is 6.42. The van der Waals surface area contributed by atoms with Gasteiger partial charge in [0.25, 0.3) is 0 Å². The zero-order chi connectivity index (χ0) is 13.8. The van der Waals surface area contributed by atoms with Crippen LogP contribution in [-0.4, -0.2) is 25.3 Å². The van der Waals surface area contributed by atoms with Gasteiger partial charge < -0.3 is 0 Å². The molecule has 0 heterocycles. The monoisotopic (exact) mass is 294 g/mol. The van der Waals surface area contributed by atoms with E-state index >= 15 is 0 Å². The Morgan fingerprint density at radius 1 is 1.22 bits per heavy atom. The van der Waals surface area contributed by atoms with E-state index in [0.717, 1.165) is 25.2 Å². The maximum Gasteiger partial charge on any atom is 0.150 e. The van der Waals surface area contributed by atoms with Gasteiger partial charge in [-0.25, -0.2) is 8.42 Å². The van der Waals surface area contributed by atoms with E-state index in [4.69, 9.17) is 11.6 Å². The van der Waals surface area contributed by atoms with Crippen molar-refractivity contribution in [1.29, 1.82) is 0 Å². The first-order valence-corrected chi connectivity index (χ1v) is 9.46. The number of alkyl halides is 1. The molecule has 2 nitrogen and oxygen atoms in total. The molecule has 1 fully saturated rings. The van der Waals surface area contributed by atoms with Crippen molar-refractivity contribution in [2.24, 2.45) is 17.8 Å². The number of halogens is 1. The van der Waals surface area contributed by atoms with Crippen LogP contribution in [0.2, 0.25) is 0 Å². The molecular formula is C14H27ClO2S. The third kappa shape index (κ3) is 5.08. The summed E-state index contributed by atoms with van der Waals surface area (Å²) in [4.78, 5) is 0. The molecule has 0 aromatic carbocycles. The SMILES string of the molecule is CCCS(=O)(=O)CCC1CC(C(C)C)CCC1Cl. The van der Waals surface area contributed by atoms with Gasteiger partial charge in [0.15, 0.2) is 0 Å². The molecule has 0 radical (unpaired) electrons. The molecule has 4 heteroatoms. The Morgan fingerprint density at radius 2 is 1.89 bits per heavy atom. The molecule has 0 saturated heterocycles. The fraction of sp³-hybridized carbons (Fsp3) is 1.00. The Kier molecular flexibility index (Phi) is 6.46. The summed E-state index contributed by atoms with van der Waals surface area (Å²) in [6, 6.07) is 0. The van der Waals surface area contributed by atoms with Crippen LogP contribution < -0.4 is 0 Å².